The van der Waals surface area contributed by atoms with Gasteiger partial charge in [0.25, 0.3) is 10.0 Å². The number of carbonyl (C=O) groups excluding carboxylic acids is 1. The van der Waals surface area contributed by atoms with Gasteiger partial charge in [-0.15, -0.1) is 0 Å². The number of carbonyl (C=O) groups is 1. The third kappa shape index (κ3) is 4.22. The average Bonchev–Trinajstić information content (AvgIpc) is 2.65. The zero-order chi connectivity index (χ0) is 21.1. The summed E-state index contributed by atoms with van der Waals surface area (Å²) in [5.41, 5.74) is 2.93. The van der Waals surface area contributed by atoms with Gasteiger partial charge in [-0.1, -0.05) is 17.7 Å². The van der Waals surface area contributed by atoms with E-state index in [0.29, 0.717) is 11.4 Å². The lowest BCUT2D eigenvalue weighted by atomic mass is 10.1. The first kappa shape index (κ1) is 21.6. The van der Waals surface area contributed by atoms with Gasteiger partial charge in [0.1, 0.15) is 6.54 Å². The highest BCUT2D eigenvalue weighted by atomic mass is 32.2. The molecular weight excluding hydrogens is 382 g/mol. The zero-order valence-electron chi connectivity index (χ0n) is 16.9. The molecule has 28 heavy (non-hydrogen) atoms. The van der Waals surface area contributed by atoms with Gasteiger partial charge in [0.2, 0.25) is 0 Å². The molecule has 0 heterocycles. The Morgan fingerprint density at radius 1 is 0.929 bits per heavy atom. The van der Waals surface area contributed by atoms with Gasteiger partial charge in [0.15, 0.2) is 11.5 Å². The summed E-state index contributed by atoms with van der Waals surface area (Å²) in [4.78, 5) is 12.0. The molecule has 0 spiro atoms. The number of nitrogens with zero attached hydrogens (tertiary/aromatic N) is 1. The first-order chi connectivity index (χ1) is 13.1. The molecule has 152 valence electrons. The molecule has 0 bridgehead atoms. The number of rotatable bonds is 7. The Labute approximate surface area is 165 Å². The molecule has 0 unspecified atom stereocenters. The van der Waals surface area contributed by atoms with Crippen molar-refractivity contribution in [1.29, 1.82) is 0 Å². The Bertz CT molecular complexity index is 961. The van der Waals surface area contributed by atoms with Crippen LogP contribution in [0.5, 0.6) is 11.5 Å². The lowest BCUT2D eigenvalue weighted by molar-refractivity contribution is -0.138. The summed E-state index contributed by atoms with van der Waals surface area (Å²) in [6.45, 7) is 5.10. The third-order valence-corrected chi connectivity index (χ3v) is 6.07. The molecule has 2 aromatic rings. The van der Waals surface area contributed by atoms with Crippen molar-refractivity contribution in [3.05, 3.63) is 47.0 Å². The molecule has 0 amide bonds. The standard InChI is InChI=1S/C20H25NO6S/c1-13-9-14(2)20(15(3)10-13)21(12-19(22)27-6)28(23,24)16-7-8-17(25-4)18(11-16)26-5/h7-11H,12H2,1-6H3. The van der Waals surface area contributed by atoms with E-state index in [1.54, 1.807) is 0 Å². The van der Waals surface area contributed by atoms with E-state index < -0.39 is 22.5 Å². The second kappa shape index (κ2) is 8.52. The van der Waals surface area contributed by atoms with Gasteiger partial charge in [-0.05, 0) is 44.0 Å². The van der Waals surface area contributed by atoms with Crippen LogP contribution in [-0.2, 0) is 19.6 Å². The lowest BCUT2D eigenvalue weighted by Gasteiger charge is -2.27. The number of benzene rings is 2. The van der Waals surface area contributed by atoms with Gasteiger partial charge in [0.05, 0.1) is 31.9 Å². The summed E-state index contributed by atoms with van der Waals surface area (Å²) in [5, 5.41) is 0. The second-order valence-corrected chi connectivity index (χ2v) is 8.21. The molecule has 0 fully saturated rings. The molecule has 7 nitrogen and oxygen atoms in total. The first-order valence-corrected chi connectivity index (χ1v) is 9.99. The van der Waals surface area contributed by atoms with Gasteiger partial charge >= 0.3 is 5.97 Å². The molecule has 0 aromatic heterocycles. The highest BCUT2D eigenvalue weighted by Crippen LogP contribution is 2.34. The highest BCUT2D eigenvalue weighted by Gasteiger charge is 2.30. The predicted octanol–water partition coefficient (Wildman–Crippen LogP) is 3.00. The summed E-state index contributed by atoms with van der Waals surface area (Å²) >= 11 is 0. The van der Waals surface area contributed by atoms with Gasteiger partial charge in [0, 0.05) is 6.07 Å². The maximum Gasteiger partial charge on any atom is 0.326 e. The van der Waals surface area contributed by atoms with Crippen LogP contribution in [0.3, 0.4) is 0 Å². The number of ether oxygens (including phenoxy) is 3. The maximum absolute atomic E-state index is 13.5. The quantitative estimate of drug-likeness (QED) is 0.656. The van der Waals surface area contributed by atoms with Crippen molar-refractivity contribution in [2.24, 2.45) is 0 Å². The van der Waals surface area contributed by atoms with Crippen LogP contribution in [0.4, 0.5) is 5.69 Å². The summed E-state index contributed by atoms with van der Waals surface area (Å²) in [5.74, 6) is 0.0195. The fourth-order valence-electron chi connectivity index (χ4n) is 3.14. The molecule has 0 aliphatic carbocycles. The Morgan fingerprint density at radius 2 is 1.50 bits per heavy atom. The first-order valence-electron chi connectivity index (χ1n) is 8.55. The van der Waals surface area contributed by atoms with Gasteiger partial charge in [-0.3, -0.25) is 9.10 Å². The van der Waals surface area contributed by atoms with Crippen LogP contribution >= 0.6 is 0 Å². The Balaban J connectivity index is 2.68. The largest absolute Gasteiger partial charge is 0.493 e. The molecule has 0 saturated heterocycles. The van der Waals surface area contributed by atoms with Crippen LogP contribution in [0.1, 0.15) is 16.7 Å². The van der Waals surface area contributed by atoms with Crippen molar-refractivity contribution >= 4 is 21.7 Å². The minimum absolute atomic E-state index is 0.0200. The summed E-state index contributed by atoms with van der Waals surface area (Å²) in [7, 11) is 0.0351. The van der Waals surface area contributed by atoms with Crippen LogP contribution in [0.2, 0.25) is 0 Å². The SMILES string of the molecule is COC(=O)CN(c1c(C)cc(C)cc1C)S(=O)(=O)c1ccc(OC)c(OC)c1. The number of sulfonamides is 1. The predicted molar refractivity (Wildman–Crippen MR) is 107 cm³/mol. The van der Waals surface area contributed by atoms with E-state index in [-0.39, 0.29) is 10.6 Å². The van der Waals surface area contributed by atoms with Crippen molar-refractivity contribution < 1.29 is 27.4 Å². The Hall–Kier alpha value is -2.74. The van der Waals surface area contributed by atoms with E-state index in [4.69, 9.17) is 14.2 Å². The number of anilines is 1. The molecule has 0 atom stereocenters. The number of hydrogen-bond acceptors (Lipinski definition) is 6. The van der Waals surface area contributed by atoms with Crippen LogP contribution in [0, 0.1) is 20.8 Å². The van der Waals surface area contributed by atoms with Crippen molar-refractivity contribution in [1.82, 2.24) is 0 Å². The van der Waals surface area contributed by atoms with Crippen LogP contribution in [-0.4, -0.2) is 42.3 Å². The molecule has 8 heteroatoms. The Morgan fingerprint density at radius 3 is 2.00 bits per heavy atom. The smallest absolute Gasteiger partial charge is 0.326 e. The minimum Gasteiger partial charge on any atom is -0.493 e. The summed E-state index contributed by atoms with van der Waals surface area (Å²) in [6, 6.07) is 8.04. The topological polar surface area (TPSA) is 82.1 Å². The van der Waals surface area contributed by atoms with Gasteiger partial charge in [-0.2, -0.15) is 0 Å². The second-order valence-electron chi connectivity index (χ2n) is 6.35. The van der Waals surface area contributed by atoms with Crippen molar-refractivity contribution in [2.45, 2.75) is 25.7 Å². The van der Waals surface area contributed by atoms with Gasteiger partial charge in [-0.25, -0.2) is 8.42 Å². The van der Waals surface area contributed by atoms with Crippen LogP contribution in [0.25, 0.3) is 0 Å². The summed E-state index contributed by atoms with van der Waals surface area (Å²) < 4.78 is 43.1. The van der Waals surface area contributed by atoms with E-state index in [0.717, 1.165) is 21.0 Å². The fraction of sp³-hybridized carbons (Fsp3) is 0.350. The number of aryl methyl sites for hydroxylation is 3. The van der Waals surface area contributed by atoms with Gasteiger partial charge < -0.3 is 14.2 Å². The van der Waals surface area contributed by atoms with E-state index in [2.05, 4.69) is 0 Å². The van der Waals surface area contributed by atoms with Crippen molar-refractivity contribution in [2.75, 3.05) is 32.2 Å². The van der Waals surface area contributed by atoms with Crippen LogP contribution in [0.15, 0.2) is 35.2 Å². The minimum atomic E-state index is -4.08. The third-order valence-electron chi connectivity index (χ3n) is 4.33. The molecule has 0 saturated carbocycles. The molecule has 0 aliphatic rings. The molecule has 0 aliphatic heterocycles. The van der Waals surface area contributed by atoms with E-state index in [9.17, 15) is 13.2 Å². The molecular formula is C20H25NO6S. The van der Waals surface area contributed by atoms with E-state index >= 15 is 0 Å². The normalized spacial score (nSPS) is 11.1. The molecule has 2 rings (SSSR count). The maximum atomic E-state index is 13.5. The molecule has 0 radical (unpaired) electrons. The molecule has 0 N–H and O–H groups in total. The number of methoxy groups -OCH3 is 3. The van der Waals surface area contributed by atoms with E-state index in [1.165, 1.54) is 39.5 Å². The van der Waals surface area contributed by atoms with E-state index in [1.807, 2.05) is 32.9 Å². The molecule has 2 aromatic carbocycles. The fourth-order valence-corrected chi connectivity index (χ4v) is 4.69. The lowest BCUT2D eigenvalue weighted by Crippen LogP contribution is -2.37. The Kier molecular flexibility index (Phi) is 6.56. The summed E-state index contributed by atoms with van der Waals surface area (Å²) in [6.07, 6.45) is 0. The van der Waals surface area contributed by atoms with Crippen molar-refractivity contribution in [3.63, 3.8) is 0 Å². The van der Waals surface area contributed by atoms with Crippen LogP contribution < -0.4 is 13.8 Å². The van der Waals surface area contributed by atoms with Crippen molar-refractivity contribution in [3.8, 4) is 11.5 Å². The zero-order valence-corrected chi connectivity index (χ0v) is 17.7. The monoisotopic (exact) mass is 407 g/mol. The highest BCUT2D eigenvalue weighted by molar-refractivity contribution is 7.92. The number of hydrogen-bond donors (Lipinski definition) is 0. The average molecular weight is 407 g/mol. The number of esters is 1.